The van der Waals surface area contributed by atoms with Gasteiger partial charge in [-0.05, 0) is 50.8 Å². The van der Waals surface area contributed by atoms with Crippen LogP contribution in [-0.4, -0.2) is 98.2 Å². The molecule has 6 heterocycles. The first-order valence-electron chi connectivity index (χ1n) is 14.4. The van der Waals surface area contributed by atoms with E-state index in [2.05, 4.69) is 30.3 Å². The summed E-state index contributed by atoms with van der Waals surface area (Å²) in [5, 5.41) is 7.54. The van der Waals surface area contributed by atoms with Gasteiger partial charge in [-0.2, -0.15) is 5.10 Å². The molecule has 13 nitrogen and oxygen atoms in total. The maximum Gasteiger partial charge on any atom is 0.246 e. The second-order valence-corrected chi connectivity index (χ2v) is 11.1. The zero-order valence-corrected chi connectivity index (χ0v) is 24.7. The molecule has 1 N–H and O–H groups in total. The van der Waals surface area contributed by atoms with Gasteiger partial charge in [0, 0.05) is 56.3 Å². The normalized spacial score (nSPS) is 16.3. The van der Waals surface area contributed by atoms with Crippen molar-refractivity contribution in [2.75, 3.05) is 57.1 Å². The third kappa shape index (κ3) is 5.44. The van der Waals surface area contributed by atoms with Crippen molar-refractivity contribution in [3.05, 3.63) is 73.0 Å². The lowest BCUT2D eigenvalue weighted by Crippen LogP contribution is -2.58. The minimum atomic E-state index is 0.00842. The maximum absolute atomic E-state index is 12.8. The van der Waals surface area contributed by atoms with Crippen molar-refractivity contribution in [3.8, 4) is 17.2 Å². The van der Waals surface area contributed by atoms with Crippen molar-refractivity contribution in [2.45, 2.75) is 13.0 Å². The molecule has 224 valence electrons. The van der Waals surface area contributed by atoms with E-state index in [0.717, 1.165) is 29.4 Å². The number of aromatic nitrogens is 6. The van der Waals surface area contributed by atoms with Crippen LogP contribution in [0.25, 0.3) is 16.7 Å². The van der Waals surface area contributed by atoms with Crippen LogP contribution in [0.2, 0.25) is 0 Å². The minimum absolute atomic E-state index is 0.00842. The number of benzene rings is 1. The molecule has 7 rings (SSSR count). The monoisotopic (exact) mass is 592 g/mol. The molecule has 44 heavy (non-hydrogen) atoms. The highest BCUT2D eigenvalue weighted by atomic mass is 16.5. The van der Waals surface area contributed by atoms with Crippen molar-refractivity contribution in [1.29, 1.82) is 0 Å². The Morgan fingerprint density at radius 1 is 1.14 bits per heavy atom. The number of nitrogens with one attached hydrogen (secondary N) is 1. The molecule has 1 atom stereocenters. The fourth-order valence-corrected chi connectivity index (χ4v) is 5.46. The number of hydrogen-bond acceptors (Lipinski definition) is 11. The summed E-state index contributed by atoms with van der Waals surface area (Å²) >= 11 is 0. The number of hydrogen-bond donors (Lipinski definition) is 1. The average molecular weight is 593 g/mol. The lowest BCUT2D eigenvalue weighted by molar-refractivity contribution is -0.127. The smallest absolute Gasteiger partial charge is 0.246 e. The Morgan fingerprint density at radius 2 is 2.05 bits per heavy atom. The topological polar surface area (TPSA) is 126 Å². The molecule has 1 amide bonds. The predicted molar refractivity (Wildman–Crippen MR) is 166 cm³/mol. The number of anilines is 3. The van der Waals surface area contributed by atoms with E-state index < -0.39 is 0 Å². The third-order valence-electron chi connectivity index (χ3n) is 7.70. The molecule has 13 heteroatoms. The molecular formula is C31H32N10O3. The molecular weight excluding hydrogens is 560 g/mol. The van der Waals surface area contributed by atoms with Gasteiger partial charge in [0.1, 0.15) is 36.3 Å². The standard InChI is InChI=1S/C31H32N10O3/c1-20-13-21(6-7-25(20)44-23-8-10-41-27(14-23)33-19-35-41)36-30-29-24(32-18-34-30)15-26-31(37-29)40-12-11-39(16-22(40)17-43-26)28(42)5-4-9-38(2)3/h4-8,10,13-15,18-19,22H,9,11-12,16-17H2,1-3H3,(H,32,34,36)/b5-4+/t22-/m0/s1. The summed E-state index contributed by atoms with van der Waals surface area (Å²) in [7, 11) is 3.95. The molecule has 2 aliphatic rings. The Bertz CT molecular complexity index is 1890. The highest BCUT2D eigenvalue weighted by Crippen LogP contribution is 2.37. The molecule has 0 radical (unpaired) electrons. The molecule has 0 aliphatic carbocycles. The van der Waals surface area contributed by atoms with Crippen LogP contribution in [-0.2, 0) is 4.79 Å². The van der Waals surface area contributed by atoms with Gasteiger partial charge in [0.15, 0.2) is 23.0 Å². The number of carbonyl (C=O) groups excluding carboxylic acids is 1. The number of fused-ring (bicyclic) bond motifs is 5. The highest BCUT2D eigenvalue weighted by Gasteiger charge is 2.35. The molecule has 1 aromatic carbocycles. The molecule has 1 saturated heterocycles. The van der Waals surface area contributed by atoms with Gasteiger partial charge in [0.25, 0.3) is 0 Å². The summed E-state index contributed by atoms with van der Waals surface area (Å²) in [6.07, 6.45) is 8.39. The largest absolute Gasteiger partial charge is 0.487 e. The van der Waals surface area contributed by atoms with E-state index in [-0.39, 0.29) is 11.9 Å². The van der Waals surface area contributed by atoms with Gasteiger partial charge in [-0.3, -0.25) is 4.79 Å². The van der Waals surface area contributed by atoms with Crippen molar-refractivity contribution in [2.24, 2.45) is 0 Å². The third-order valence-corrected chi connectivity index (χ3v) is 7.70. The quantitative estimate of drug-likeness (QED) is 0.279. The lowest BCUT2D eigenvalue weighted by Gasteiger charge is -2.44. The van der Waals surface area contributed by atoms with Crippen LogP contribution >= 0.6 is 0 Å². The Hall–Kier alpha value is -5.30. The predicted octanol–water partition coefficient (Wildman–Crippen LogP) is 3.44. The van der Waals surface area contributed by atoms with Gasteiger partial charge < -0.3 is 29.5 Å². The first-order chi connectivity index (χ1) is 21.4. The lowest BCUT2D eigenvalue weighted by atomic mass is 10.1. The van der Waals surface area contributed by atoms with Crippen LogP contribution in [0.15, 0.2) is 67.4 Å². The molecule has 0 bridgehead atoms. The summed E-state index contributed by atoms with van der Waals surface area (Å²) in [4.78, 5) is 37.1. The second kappa shape index (κ2) is 11.4. The fourth-order valence-electron chi connectivity index (χ4n) is 5.46. The number of rotatable bonds is 7. The van der Waals surface area contributed by atoms with E-state index in [1.165, 1.54) is 12.7 Å². The van der Waals surface area contributed by atoms with Gasteiger partial charge in [0.2, 0.25) is 5.91 Å². The Labute approximate surface area is 253 Å². The molecule has 0 unspecified atom stereocenters. The van der Waals surface area contributed by atoms with Crippen molar-refractivity contribution in [1.82, 2.24) is 39.3 Å². The van der Waals surface area contributed by atoms with Crippen LogP contribution in [0.5, 0.6) is 17.2 Å². The zero-order valence-electron chi connectivity index (χ0n) is 24.7. The van der Waals surface area contributed by atoms with Crippen molar-refractivity contribution in [3.63, 3.8) is 0 Å². The van der Waals surface area contributed by atoms with Crippen molar-refractivity contribution < 1.29 is 14.3 Å². The number of aryl methyl sites for hydroxylation is 1. The van der Waals surface area contributed by atoms with Gasteiger partial charge in [-0.1, -0.05) is 6.08 Å². The Morgan fingerprint density at radius 3 is 2.91 bits per heavy atom. The molecule has 5 aromatic rings. The first-order valence-corrected chi connectivity index (χ1v) is 14.4. The van der Waals surface area contributed by atoms with Crippen LogP contribution in [0, 0.1) is 6.92 Å². The molecule has 1 fully saturated rings. The van der Waals surface area contributed by atoms with Gasteiger partial charge in [-0.25, -0.2) is 24.5 Å². The maximum atomic E-state index is 12.8. The van der Waals surface area contributed by atoms with Gasteiger partial charge in [-0.15, -0.1) is 0 Å². The van der Waals surface area contributed by atoms with E-state index in [1.807, 2.05) is 79.5 Å². The number of ether oxygens (including phenoxy) is 2. The number of likely N-dealkylation sites (N-methyl/N-ethyl adjacent to an activating group) is 1. The first kappa shape index (κ1) is 27.5. The van der Waals surface area contributed by atoms with Crippen molar-refractivity contribution >= 4 is 39.9 Å². The summed E-state index contributed by atoms with van der Waals surface area (Å²) in [6.45, 7) is 5.03. The van der Waals surface area contributed by atoms with E-state index >= 15 is 0 Å². The Balaban J connectivity index is 1.09. The minimum Gasteiger partial charge on any atom is -0.487 e. The second-order valence-electron chi connectivity index (χ2n) is 11.1. The SMILES string of the molecule is Cc1cc(Nc2ncnc3cc4c(nc23)N2CCN(C(=O)/C=C/CN(C)C)C[C@H]2CO4)ccc1Oc1ccn2ncnc2c1. The average Bonchev–Trinajstić information content (AvgIpc) is 3.49. The van der Waals surface area contributed by atoms with E-state index in [1.54, 1.807) is 10.6 Å². The number of amides is 1. The number of pyridine rings is 2. The van der Waals surface area contributed by atoms with E-state index in [0.29, 0.717) is 60.2 Å². The van der Waals surface area contributed by atoms with Gasteiger partial charge in [0.05, 0.1) is 11.6 Å². The van der Waals surface area contributed by atoms with E-state index in [9.17, 15) is 4.79 Å². The molecule has 0 spiro atoms. The van der Waals surface area contributed by atoms with Crippen LogP contribution < -0.4 is 19.7 Å². The summed E-state index contributed by atoms with van der Waals surface area (Å²) in [5.41, 5.74) is 3.81. The fraction of sp³-hybridized carbons (Fsp3) is 0.290. The molecule has 4 aromatic heterocycles. The number of piperazine rings is 1. The Kier molecular flexibility index (Phi) is 7.14. The summed E-state index contributed by atoms with van der Waals surface area (Å²) in [5.74, 6) is 3.44. The summed E-state index contributed by atoms with van der Waals surface area (Å²) in [6, 6.07) is 11.5. The zero-order chi connectivity index (χ0) is 30.2. The highest BCUT2D eigenvalue weighted by molar-refractivity contribution is 5.90. The van der Waals surface area contributed by atoms with E-state index in [4.69, 9.17) is 14.5 Å². The number of nitrogens with zero attached hydrogens (tertiary/aromatic N) is 9. The summed E-state index contributed by atoms with van der Waals surface area (Å²) < 4.78 is 13.9. The molecule has 2 aliphatic heterocycles. The van der Waals surface area contributed by atoms with Gasteiger partial charge >= 0.3 is 0 Å². The van der Waals surface area contributed by atoms with Crippen LogP contribution in [0.3, 0.4) is 0 Å². The number of carbonyl (C=O) groups is 1. The molecule has 0 saturated carbocycles. The van der Waals surface area contributed by atoms with Crippen LogP contribution in [0.4, 0.5) is 17.3 Å². The van der Waals surface area contributed by atoms with Crippen LogP contribution in [0.1, 0.15) is 5.56 Å².